The molecule has 0 aliphatic heterocycles. The number of azo groups is 1. The van der Waals surface area contributed by atoms with Gasteiger partial charge in [0.1, 0.15) is 17.0 Å². The second-order valence-corrected chi connectivity index (χ2v) is 6.17. The first-order chi connectivity index (χ1) is 13.8. The van der Waals surface area contributed by atoms with Crippen LogP contribution in [0.25, 0.3) is 0 Å². The number of rotatable bonds is 8. The molecule has 0 saturated carbocycles. The van der Waals surface area contributed by atoms with E-state index in [4.69, 9.17) is 0 Å². The van der Waals surface area contributed by atoms with Gasteiger partial charge in [-0.1, -0.05) is 38.0 Å². The van der Waals surface area contributed by atoms with Crippen molar-refractivity contribution in [3.8, 4) is 5.75 Å². The lowest BCUT2D eigenvalue weighted by molar-refractivity contribution is 0.0693. The second kappa shape index (κ2) is 9.98. The summed E-state index contributed by atoms with van der Waals surface area (Å²) >= 11 is 0. The number of benzene rings is 2. The lowest BCUT2D eigenvalue weighted by Gasteiger charge is -2.18. The van der Waals surface area contributed by atoms with Crippen molar-refractivity contribution >= 4 is 29.3 Å². The topological polar surface area (TPSA) is 140 Å². The maximum absolute atomic E-state index is 12.9. The van der Waals surface area contributed by atoms with Crippen LogP contribution in [0, 0.1) is 0 Å². The van der Waals surface area contributed by atoms with Crippen LogP contribution in [-0.4, -0.2) is 44.7 Å². The Morgan fingerprint density at radius 3 is 2.24 bits per heavy atom. The van der Waals surface area contributed by atoms with E-state index in [0.29, 0.717) is 17.0 Å². The van der Waals surface area contributed by atoms with Gasteiger partial charge in [-0.2, -0.15) is 5.11 Å². The lowest BCUT2D eigenvalue weighted by Crippen LogP contribution is -2.36. The average molecular weight is 399 g/mol. The van der Waals surface area contributed by atoms with Gasteiger partial charge >= 0.3 is 12.1 Å². The van der Waals surface area contributed by atoms with Crippen LogP contribution in [-0.2, 0) is 0 Å². The highest BCUT2D eigenvalue weighted by Gasteiger charge is 2.27. The highest BCUT2D eigenvalue weighted by Crippen LogP contribution is 2.31. The average Bonchev–Trinajstić information content (AvgIpc) is 2.69. The molecule has 29 heavy (non-hydrogen) atoms. The van der Waals surface area contributed by atoms with E-state index in [1.807, 2.05) is 6.92 Å². The Bertz CT molecular complexity index is 927. The van der Waals surface area contributed by atoms with Crippen LogP contribution < -0.4 is 0 Å². The van der Waals surface area contributed by atoms with Gasteiger partial charge in [-0.25, -0.2) is 14.5 Å². The van der Waals surface area contributed by atoms with Crippen molar-refractivity contribution in [3.05, 3.63) is 53.6 Å². The summed E-state index contributed by atoms with van der Waals surface area (Å²) in [6.07, 6.45) is 0.579. The van der Waals surface area contributed by atoms with Crippen molar-refractivity contribution in [3.63, 3.8) is 0 Å². The Kier molecular flexibility index (Phi) is 7.41. The molecule has 3 N–H and O–H groups in total. The van der Waals surface area contributed by atoms with Gasteiger partial charge in [0.2, 0.25) is 0 Å². The number of hydrogen-bond acceptors (Lipinski definition) is 6. The molecule has 0 bridgehead atoms. The van der Waals surface area contributed by atoms with Crippen molar-refractivity contribution < 1.29 is 29.7 Å². The molecule has 152 valence electrons. The van der Waals surface area contributed by atoms with Gasteiger partial charge in [0, 0.05) is 12.6 Å². The van der Waals surface area contributed by atoms with Gasteiger partial charge in [-0.05, 0) is 24.6 Å². The van der Waals surface area contributed by atoms with Crippen molar-refractivity contribution in [1.29, 1.82) is 0 Å². The number of hydrogen-bond donors (Lipinski definition) is 3. The van der Waals surface area contributed by atoms with Crippen molar-refractivity contribution in [2.24, 2.45) is 10.2 Å². The van der Waals surface area contributed by atoms with Crippen molar-refractivity contribution in [1.82, 2.24) is 4.90 Å². The molecule has 0 aliphatic carbocycles. The predicted molar refractivity (Wildman–Crippen MR) is 104 cm³/mol. The first-order valence-corrected chi connectivity index (χ1v) is 8.97. The van der Waals surface area contributed by atoms with E-state index in [1.54, 1.807) is 30.3 Å². The van der Waals surface area contributed by atoms with E-state index in [9.17, 15) is 29.7 Å². The van der Waals surface area contributed by atoms with Gasteiger partial charge < -0.3 is 15.3 Å². The molecule has 9 nitrogen and oxygen atoms in total. The van der Waals surface area contributed by atoms with Crippen LogP contribution in [0.1, 0.15) is 46.9 Å². The van der Waals surface area contributed by atoms with E-state index >= 15 is 0 Å². The summed E-state index contributed by atoms with van der Waals surface area (Å²) in [5.74, 6) is -3.00. The maximum Gasteiger partial charge on any atom is 0.414 e. The molecule has 2 aromatic rings. The van der Waals surface area contributed by atoms with Gasteiger partial charge in [0.05, 0.1) is 11.3 Å². The van der Waals surface area contributed by atoms with Crippen LogP contribution in [0.5, 0.6) is 5.75 Å². The molecule has 0 aromatic heterocycles. The zero-order chi connectivity index (χ0) is 21.4. The zero-order valence-electron chi connectivity index (χ0n) is 15.8. The van der Waals surface area contributed by atoms with E-state index < -0.39 is 29.3 Å². The molecule has 2 aromatic carbocycles. The van der Waals surface area contributed by atoms with Crippen molar-refractivity contribution in [2.45, 2.75) is 26.2 Å². The smallest absolute Gasteiger partial charge is 0.414 e. The molecular formula is C20H21N3O6. The Labute approximate surface area is 166 Å². The fourth-order valence-corrected chi connectivity index (χ4v) is 2.56. The first-order valence-electron chi connectivity index (χ1n) is 8.97. The third kappa shape index (κ3) is 5.61. The minimum absolute atomic E-state index is 0.0411. The minimum atomic E-state index is -1.46. The highest BCUT2D eigenvalue weighted by atomic mass is 16.4. The predicted octanol–water partition coefficient (Wildman–Crippen LogP) is 4.82. The number of imide groups is 1. The number of amides is 2. The van der Waals surface area contributed by atoms with E-state index in [1.165, 1.54) is 0 Å². The largest absolute Gasteiger partial charge is 0.507 e. The number of carbonyl (C=O) groups is 3. The Morgan fingerprint density at radius 2 is 1.66 bits per heavy atom. The summed E-state index contributed by atoms with van der Waals surface area (Å²) in [5.41, 5.74) is -0.487. The van der Waals surface area contributed by atoms with Gasteiger partial charge in [-0.3, -0.25) is 4.79 Å². The van der Waals surface area contributed by atoms with Crippen LogP contribution in [0.15, 0.2) is 52.7 Å². The second-order valence-electron chi connectivity index (χ2n) is 6.17. The first kappa shape index (κ1) is 21.5. The minimum Gasteiger partial charge on any atom is -0.507 e. The van der Waals surface area contributed by atoms with Gasteiger partial charge in [0.25, 0.3) is 5.91 Å². The molecule has 0 unspecified atom stereocenters. The summed E-state index contributed by atoms with van der Waals surface area (Å²) < 4.78 is 0. The molecule has 2 amide bonds. The fourth-order valence-electron chi connectivity index (χ4n) is 2.56. The van der Waals surface area contributed by atoms with E-state index in [0.717, 1.165) is 25.0 Å². The standard InChI is InChI=1S/C20H21N3O6/c1-2-3-7-10-23(20(28)29)18(25)14-11-15(19(26)27)17(24)12-16(14)22-21-13-8-5-4-6-9-13/h4-6,8-9,11-12,24H,2-3,7,10H2,1H3,(H,26,27)(H,28,29). The number of carboxylic acids is 1. The van der Waals surface area contributed by atoms with Gasteiger partial charge in [0.15, 0.2) is 0 Å². The number of carbonyl (C=O) groups excluding carboxylic acids is 1. The molecule has 0 aliphatic rings. The summed E-state index contributed by atoms with van der Waals surface area (Å²) in [6.45, 7) is 1.90. The monoisotopic (exact) mass is 399 g/mol. The van der Waals surface area contributed by atoms with Crippen LogP contribution in [0.4, 0.5) is 16.2 Å². The van der Waals surface area contributed by atoms with Crippen molar-refractivity contribution in [2.75, 3.05) is 6.54 Å². The Morgan fingerprint density at radius 1 is 0.966 bits per heavy atom. The van der Waals surface area contributed by atoms with E-state index in [-0.39, 0.29) is 17.8 Å². The van der Waals surface area contributed by atoms with Crippen LogP contribution >= 0.6 is 0 Å². The number of nitrogens with zero attached hydrogens (tertiary/aromatic N) is 3. The summed E-state index contributed by atoms with van der Waals surface area (Å²) in [6, 6.07) is 10.4. The number of aromatic hydroxyl groups is 1. The molecule has 0 atom stereocenters. The van der Waals surface area contributed by atoms with Gasteiger partial charge in [-0.15, -0.1) is 5.11 Å². The summed E-state index contributed by atoms with van der Waals surface area (Å²) in [4.78, 5) is 36.4. The highest BCUT2D eigenvalue weighted by molar-refractivity contribution is 6.07. The van der Waals surface area contributed by atoms with Crippen LogP contribution in [0.3, 0.4) is 0 Å². The normalized spacial score (nSPS) is 10.8. The molecule has 0 radical (unpaired) electrons. The third-order valence-corrected chi connectivity index (χ3v) is 4.07. The molecular weight excluding hydrogens is 378 g/mol. The number of unbranched alkanes of at least 4 members (excludes halogenated alkanes) is 2. The SMILES string of the molecule is CCCCCN(C(=O)O)C(=O)c1cc(C(=O)O)c(O)cc1N=Nc1ccccc1. The summed E-state index contributed by atoms with van der Waals surface area (Å²) in [5, 5.41) is 36.5. The third-order valence-electron chi connectivity index (χ3n) is 4.07. The summed E-state index contributed by atoms with van der Waals surface area (Å²) in [7, 11) is 0. The molecule has 9 heteroatoms. The Hall–Kier alpha value is -3.75. The lowest BCUT2D eigenvalue weighted by atomic mass is 10.1. The number of carboxylic acid groups (broad SMARTS) is 2. The quantitative estimate of drug-likeness (QED) is 0.429. The maximum atomic E-state index is 12.9. The van der Waals surface area contributed by atoms with E-state index in [2.05, 4.69) is 10.2 Å². The fraction of sp³-hybridized carbons (Fsp3) is 0.250. The molecule has 0 saturated heterocycles. The molecule has 0 heterocycles. The molecule has 0 fully saturated rings. The Balaban J connectivity index is 2.49. The van der Waals surface area contributed by atoms with Crippen LogP contribution in [0.2, 0.25) is 0 Å². The molecule has 0 spiro atoms. The number of phenols is 1. The molecule has 2 rings (SSSR count). The number of aromatic carboxylic acids is 1. The zero-order valence-corrected chi connectivity index (χ0v) is 15.8.